The molecule has 0 bridgehead atoms. The standard InChI is InChI=1S/C14H20ClFN2O.ClH/c1-19-12-4-5-18(11(7-12)8-17)9-10-2-3-14(16)13(15)6-10;/h2-3,6,11-12H,4-5,7-9,17H2,1H3;1H. The van der Waals surface area contributed by atoms with Crippen LogP contribution in [0.2, 0.25) is 5.02 Å². The molecule has 0 saturated carbocycles. The second-order valence-electron chi connectivity index (χ2n) is 4.99. The quantitative estimate of drug-likeness (QED) is 0.926. The zero-order chi connectivity index (χ0) is 13.8. The lowest BCUT2D eigenvalue weighted by Crippen LogP contribution is -2.47. The van der Waals surface area contributed by atoms with E-state index in [1.54, 1.807) is 19.2 Å². The number of nitrogens with zero attached hydrogens (tertiary/aromatic N) is 1. The number of hydrogen-bond donors (Lipinski definition) is 1. The summed E-state index contributed by atoms with van der Waals surface area (Å²) in [5.41, 5.74) is 6.85. The third-order valence-corrected chi connectivity index (χ3v) is 4.05. The minimum absolute atomic E-state index is 0. The molecule has 20 heavy (non-hydrogen) atoms. The number of hydrogen-bond acceptors (Lipinski definition) is 3. The molecular formula is C14H21Cl2FN2O. The van der Waals surface area contributed by atoms with E-state index in [-0.39, 0.29) is 23.2 Å². The molecular weight excluding hydrogens is 302 g/mol. The van der Waals surface area contributed by atoms with Gasteiger partial charge in [-0.05, 0) is 30.5 Å². The van der Waals surface area contributed by atoms with Gasteiger partial charge in [0.1, 0.15) is 5.82 Å². The molecule has 2 unspecified atom stereocenters. The van der Waals surface area contributed by atoms with E-state index >= 15 is 0 Å². The summed E-state index contributed by atoms with van der Waals surface area (Å²) < 4.78 is 18.5. The van der Waals surface area contributed by atoms with Gasteiger partial charge in [0.15, 0.2) is 0 Å². The Balaban J connectivity index is 0.00000200. The number of methoxy groups -OCH3 is 1. The van der Waals surface area contributed by atoms with Gasteiger partial charge in [-0.25, -0.2) is 4.39 Å². The van der Waals surface area contributed by atoms with Gasteiger partial charge in [-0.15, -0.1) is 12.4 Å². The number of rotatable bonds is 4. The van der Waals surface area contributed by atoms with Crippen LogP contribution in [0.3, 0.4) is 0 Å². The summed E-state index contributed by atoms with van der Waals surface area (Å²) in [6.45, 7) is 2.29. The van der Waals surface area contributed by atoms with Crippen LogP contribution in [0.15, 0.2) is 18.2 Å². The van der Waals surface area contributed by atoms with E-state index < -0.39 is 0 Å². The third kappa shape index (κ3) is 4.30. The Hall–Kier alpha value is -0.390. The summed E-state index contributed by atoms with van der Waals surface area (Å²) in [7, 11) is 1.74. The number of piperidine rings is 1. The number of nitrogens with two attached hydrogens (primary N) is 1. The Morgan fingerprint density at radius 3 is 2.85 bits per heavy atom. The molecule has 0 aromatic heterocycles. The average molecular weight is 323 g/mol. The van der Waals surface area contributed by atoms with Gasteiger partial charge in [-0.2, -0.15) is 0 Å². The molecule has 2 N–H and O–H groups in total. The maximum Gasteiger partial charge on any atom is 0.141 e. The second kappa shape index (κ2) is 8.15. The molecule has 1 aliphatic heterocycles. The summed E-state index contributed by atoms with van der Waals surface area (Å²) in [5.74, 6) is -0.376. The highest BCUT2D eigenvalue weighted by Gasteiger charge is 2.27. The van der Waals surface area contributed by atoms with Crippen LogP contribution in [0.1, 0.15) is 18.4 Å². The lowest BCUT2D eigenvalue weighted by molar-refractivity contribution is 0.0102. The highest BCUT2D eigenvalue weighted by Crippen LogP contribution is 2.23. The van der Waals surface area contributed by atoms with Crippen LogP contribution in [0, 0.1) is 5.82 Å². The van der Waals surface area contributed by atoms with Crippen LogP contribution in [0.5, 0.6) is 0 Å². The topological polar surface area (TPSA) is 38.5 Å². The van der Waals surface area contributed by atoms with Crippen molar-refractivity contribution in [2.75, 3.05) is 20.2 Å². The lowest BCUT2D eigenvalue weighted by Gasteiger charge is -2.38. The first-order chi connectivity index (χ1) is 9.13. The number of ether oxygens (including phenoxy) is 1. The first-order valence-corrected chi connectivity index (χ1v) is 6.92. The molecule has 2 rings (SSSR count). The van der Waals surface area contributed by atoms with E-state index in [1.807, 2.05) is 0 Å². The Morgan fingerprint density at radius 2 is 2.25 bits per heavy atom. The Labute approximate surface area is 130 Å². The fourth-order valence-corrected chi connectivity index (χ4v) is 2.81. The van der Waals surface area contributed by atoms with Crippen molar-refractivity contribution >= 4 is 24.0 Å². The molecule has 0 aliphatic carbocycles. The largest absolute Gasteiger partial charge is 0.381 e. The molecule has 0 spiro atoms. The van der Waals surface area contributed by atoms with Crippen LogP contribution in [-0.4, -0.2) is 37.2 Å². The Kier molecular flexibility index (Phi) is 7.20. The van der Waals surface area contributed by atoms with E-state index in [2.05, 4.69) is 4.90 Å². The highest BCUT2D eigenvalue weighted by atomic mass is 35.5. The van der Waals surface area contributed by atoms with Crippen molar-refractivity contribution < 1.29 is 9.13 Å². The van der Waals surface area contributed by atoms with Crippen molar-refractivity contribution in [2.45, 2.75) is 31.5 Å². The number of halogens is 3. The molecule has 0 amide bonds. The van der Waals surface area contributed by atoms with Crippen LogP contribution >= 0.6 is 24.0 Å². The van der Waals surface area contributed by atoms with Crippen LogP contribution in [0.25, 0.3) is 0 Å². The summed E-state index contributed by atoms with van der Waals surface area (Å²) in [6.07, 6.45) is 2.24. The van der Waals surface area contributed by atoms with Crippen LogP contribution in [0.4, 0.5) is 4.39 Å². The van der Waals surface area contributed by atoms with Crippen LogP contribution in [-0.2, 0) is 11.3 Å². The molecule has 1 saturated heterocycles. The van der Waals surface area contributed by atoms with Gasteiger partial charge >= 0.3 is 0 Å². The predicted octanol–water partition coefficient (Wildman–Crippen LogP) is 2.84. The van der Waals surface area contributed by atoms with E-state index in [0.29, 0.717) is 18.7 Å². The summed E-state index contributed by atoms with van der Waals surface area (Å²) in [6, 6.07) is 5.18. The highest BCUT2D eigenvalue weighted by molar-refractivity contribution is 6.30. The fraction of sp³-hybridized carbons (Fsp3) is 0.571. The predicted molar refractivity (Wildman–Crippen MR) is 81.9 cm³/mol. The first-order valence-electron chi connectivity index (χ1n) is 6.55. The van der Waals surface area contributed by atoms with Gasteiger partial charge in [0, 0.05) is 32.8 Å². The molecule has 0 radical (unpaired) electrons. The van der Waals surface area contributed by atoms with E-state index in [1.165, 1.54) is 6.07 Å². The first kappa shape index (κ1) is 17.7. The van der Waals surface area contributed by atoms with Gasteiger partial charge in [-0.1, -0.05) is 17.7 Å². The van der Waals surface area contributed by atoms with Gasteiger partial charge in [0.25, 0.3) is 0 Å². The van der Waals surface area contributed by atoms with Crippen molar-refractivity contribution in [2.24, 2.45) is 5.73 Å². The van der Waals surface area contributed by atoms with Gasteiger partial charge < -0.3 is 10.5 Å². The van der Waals surface area contributed by atoms with Gasteiger partial charge in [0.05, 0.1) is 11.1 Å². The smallest absolute Gasteiger partial charge is 0.141 e. The van der Waals surface area contributed by atoms with E-state index in [0.717, 1.165) is 31.5 Å². The summed E-state index contributed by atoms with van der Waals surface area (Å²) >= 11 is 5.81. The number of benzene rings is 1. The van der Waals surface area contributed by atoms with Crippen molar-refractivity contribution in [3.63, 3.8) is 0 Å². The third-order valence-electron chi connectivity index (χ3n) is 3.76. The molecule has 6 heteroatoms. The van der Waals surface area contributed by atoms with Crippen molar-refractivity contribution in [3.8, 4) is 0 Å². The molecule has 1 heterocycles. The minimum atomic E-state index is -0.376. The molecule has 1 aliphatic rings. The Morgan fingerprint density at radius 1 is 1.50 bits per heavy atom. The normalized spacial score (nSPS) is 23.4. The minimum Gasteiger partial charge on any atom is -0.381 e. The number of likely N-dealkylation sites (tertiary alicyclic amines) is 1. The summed E-state index contributed by atoms with van der Waals surface area (Å²) in [5, 5.41) is 0.175. The average Bonchev–Trinajstić information content (AvgIpc) is 2.43. The van der Waals surface area contributed by atoms with Crippen molar-refractivity contribution in [1.29, 1.82) is 0 Å². The van der Waals surface area contributed by atoms with Gasteiger partial charge in [0.2, 0.25) is 0 Å². The van der Waals surface area contributed by atoms with Crippen LogP contribution < -0.4 is 5.73 Å². The molecule has 114 valence electrons. The maximum atomic E-state index is 13.1. The monoisotopic (exact) mass is 322 g/mol. The van der Waals surface area contributed by atoms with Gasteiger partial charge in [-0.3, -0.25) is 4.90 Å². The zero-order valence-electron chi connectivity index (χ0n) is 11.5. The van der Waals surface area contributed by atoms with E-state index in [4.69, 9.17) is 22.1 Å². The molecule has 1 aromatic carbocycles. The summed E-state index contributed by atoms with van der Waals surface area (Å²) in [4.78, 5) is 2.32. The molecule has 2 atom stereocenters. The SMILES string of the molecule is COC1CCN(Cc2ccc(F)c(Cl)c2)C(CN)C1.Cl. The zero-order valence-corrected chi connectivity index (χ0v) is 13.1. The molecule has 1 aromatic rings. The molecule has 3 nitrogen and oxygen atoms in total. The maximum absolute atomic E-state index is 13.1. The van der Waals surface area contributed by atoms with Crippen molar-refractivity contribution in [3.05, 3.63) is 34.6 Å². The lowest BCUT2D eigenvalue weighted by atomic mass is 9.98. The Bertz CT molecular complexity index is 434. The van der Waals surface area contributed by atoms with Crippen molar-refractivity contribution in [1.82, 2.24) is 4.90 Å². The van der Waals surface area contributed by atoms with E-state index in [9.17, 15) is 4.39 Å². The second-order valence-corrected chi connectivity index (χ2v) is 5.40. The molecule has 1 fully saturated rings. The fourth-order valence-electron chi connectivity index (χ4n) is 2.60.